The molecule has 2 rings (SSSR count). The molecule has 2 N–H and O–H groups in total. The highest BCUT2D eigenvalue weighted by atomic mass is 32.2. The zero-order chi connectivity index (χ0) is 29.9. The topological polar surface area (TPSA) is 158 Å². The van der Waals surface area contributed by atoms with E-state index in [9.17, 15) is 28.2 Å². The van der Waals surface area contributed by atoms with Gasteiger partial charge in [-0.25, -0.2) is 4.79 Å². The van der Waals surface area contributed by atoms with Crippen molar-refractivity contribution in [1.82, 2.24) is 0 Å². The normalized spacial score (nSPS) is 28.5. The molecule has 40 heavy (non-hydrogen) atoms. The van der Waals surface area contributed by atoms with Gasteiger partial charge in [-0.2, -0.15) is 8.42 Å². The van der Waals surface area contributed by atoms with Crippen LogP contribution in [-0.2, 0) is 42.8 Å². The summed E-state index contributed by atoms with van der Waals surface area (Å²) in [6.07, 6.45) is 4.97. The Morgan fingerprint density at radius 2 is 1.73 bits per heavy atom. The summed E-state index contributed by atoms with van der Waals surface area (Å²) < 4.78 is 50.7. The predicted octanol–water partition coefficient (Wildman–Crippen LogP) is 2.66. The first kappa shape index (κ1) is 34.6. The van der Waals surface area contributed by atoms with Gasteiger partial charge in [-0.3, -0.25) is 8.98 Å². The van der Waals surface area contributed by atoms with Crippen LogP contribution in [0.1, 0.15) is 78.6 Å². The fourth-order valence-corrected chi connectivity index (χ4v) is 5.63. The molecule has 2 aliphatic heterocycles. The van der Waals surface area contributed by atoms with Crippen LogP contribution in [0.25, 0.3) is 0 Å². The van der Waals surface area contributed by atoms with E-state index in [1.807, 2.05) is 6.92 Å². The second-order valence-electron chi connectivity index (χ2n) is 11.2. The van der Waals surface area contributed by atoms with Crippen LogP contribution in [0, 0.1) is 11.8 Å². The number of carbonyl (C=O) groups is 2. The molecule has 232 valence electrons. The molecule has 0 amide bonds. The van der Waals surface area contributed by atoms with Gasteiger partial charge >= 0.3 is 11.9 Å². The van der Waals surface area contributed by atoms with Gasteiger partial charge in [0.05, 0.1) is 57.1 Å². The molecular formula is C28H48O11S. The number of methoxy groups -OCH3 is 1. The van der Waals surface area contributed by atoms with Crippen molar-refractivity contribution in [3.05, 3.63) is 11.6 Å². The summed E-state index contributed by atoms with van der Waals surface area (Å²) >= 11 is 0. The SMILES string of the molecule is COC(=O)CCCCCCCCOC(=O)/C=C(\C)C[C@@H]1OC[C@H](C[C@@H]2O[C@H]2[C@@H](C)[C@H](C)O)[C@@H](O)[C@H]1OS(C)(=O)=O. The summed E-state index contributed by atoms with van der Waals surface area (Å²) in [6.45, 7) is 5.80. The Kier molecular flexibility index (Phi) is 14.5. The molecule has 0 saturated carbocycles. The third kappa shape index (κ3) is 12.5. The molecule has 0 aromatic rings. The molecule has 0 aromatic heterocycles. The number of hydrogen-bond acceptors (Lipinski definition) is 11. The van der Waals surface area contributed by atoms with Gasteiger partial charge in [-0.1, -0.05) is 38.2 Å². The van der Waals surface area contributed by atoms with Crippen molar-refractivity contribution >= 4 is 22.1 Å². The third-order valence-electron chi connectivity index (χ3n) is 7.57. The monoisotopic (exact) mass is 592 g/mol. The van der Waals surface area contributed by atoms with Crippen molar-refractivity contribution in [3.63, 3.8) is 0 Å². The summed E-state index contributed by atoms with van der Waals surface area (Å²) in [5.41, 5.74) is 0.615. The lowest BCUT2D eigenvalue weighted by molar-refractivity contribution is -0.154. The molecule has 0 radical (unpaired) electrons. The number of aliphatic hydroxyl groups is 2. The van der Waals surface area contributed by atoms with Crippen LogP contribution in [0.15, 0.2) is 11.6 Å². The van der Waals surface area contributed by atoms with Crippen LogP contribution >= 0.6 is 0 Å². The molecule has 0 aromatic carbocycles. The van der Waals surface area contributed by atoms with Gasteiger partial charge < -0.3 is 29.2 Å². The van der Waals surface area contributed by atoms with Crippen molar-refractivity contribution in [2.24, 2.45) is 11.8 Å². The number of aliphatic hydroxyl groups excluding tert-OH is 2. The Bertz CT molecular complexity index is 933. The van der Waals surface area contributed by atoms with E-state index < -0.39 is 46.4 Å². The van der Waals surface area contributed by atoms with E-state index in [2.05, 4.69) is 4.74 Å². The highest BCUT2D eigenvalue weighted by Crippen LogP contribution is 2.39. The summed E-state index contributed by atoms with van der Waals surface area (Å²) in [4.78, 5) is 23.3. The van der Waals surface area contributed by atoms with E-state index in [-0.39, 0.29) is 37.1 Å². The van der Waals surface area contributed by atoms with E-state index in [0.717, 1.165) is 44.8 Å². The molecular weight excluding hydrogens is 544 g/mol. The fraction of sp³-hybridized carbons (Fsp3) is 0.857. The lowest BCUT2D eigenvalue weighted by Gasteiger charge is -2.39. The Morgan fingerprint density at radius 3 is 2.35 bits per heavy atom. The molecule has 2 aliphatic rings. The molecule has 2 heterocycles. The van der Waals surface area contributed by atoms with Gasteiger partial charge in [-0.05, 0) is 39.5 Å². The van der Waals surface area contributed by atoms with Crippen LogP contribution in [-0.4, -0.2) is 93.8 Å². The molecule has 2 saturated heterocycles. The zero-order valence-electron chi connectivity index (χ0n) is 24.5. The molecule has 2 fully saturated rings. The second kappa shape index (κ2) is 16.8. The quantitative estimate of drug-likeness (QED) is 0.0792. The highest BCUT2D eigenvalue weighted by molar-refractivity contribution is 7.86. The highest BCUT2D eigenvalue weighted by Gasteiger charge is 2.49. The predicted molar refractivity (Wildman–Crippen MR) is 147 cm³/mol. The number of unbranched alkanes of at least 4 members (excludes halogenated alkanes) is 5. The lowest BCUT2D eigenvalue weighted by Crippen LogP contribution is -2.52. The van der Waals surface area contributed by atoms with Crippen molar-refractivity contribution in [3.8, 4) is 0 Å². The fourth-order valence-electron chi connectivity index (χ4n) is 4.99. The summed E-state index contributed by atoms with van der Waals surface area (Å²) in [5.74, 6) is -1.14. The van der Waals surface area contributed by atoms with Gasteiger partial charge in [0.15, 0.2) is 0 Å². The van der Waals surface area contributed by atoms with Gasteiger partial charge in [0.1, 0.15) is 6.10 Å². The van der Waals surface area contributed by atoms with Crippen LogP contribution in [0.3, 0.4) is 0 Å². The number of rotatable bonds is 18. The van der Waals surface area contributed by atoms with Crippen molar-refractivity contribution in [1.29, 1.82) is 0 Å². The molecule has 0 aliphatic carbocycles. The first-order valence-electron chi connectivity index (χ1n) is 14.2. The van der Waals surface area contributed by atoms with Crippen LogP contribution < -0.4 is 0 Å². The van der Waals surface area contributed by atoms with Crippen LogP contribution in [0.2, 0.25) is 0 Å². The maximum atomic E-state index is 12.3. The maximum Gasteiger partial charge on any atom is 0.330 e. The zero-order valence-corrected chi connectivity index (χ0v) is 25.3. The molecule has 0 bridgehead atoms. The van der Waals surface area contributed by atoms with E-state index in [1.165, 1.54) is 13.2 Å². The van der Waals surface area contributed by atoms with E-state index in [4.69, 9.17) is 18.4 Å². The number of carbonyl (C=O) groups excluding carboxylic acids is 2. The van der Waals surface area contributed by atoms with E-state index in [0.29, 0.717) is 25.0 Å². The number of epoxide rings is 1. The molecule has 0 unspecified atom stereocenters. The minimum Gasteiger partial charge on any atom is -0.469 e. The summed E-state index contributed by atoms with van der Waals surface area (Å²) in [6, 6.07) is 0. The smallest absolute Gasteiger partial charge is 0.330 e. The standard InChI is InChI=1S/C28H48O11S/c1-18(15-25(31)36-13-11-9-7-6-8-10-12-24(30)35-4)14-22-28(39-40(5,33)34)26(32)21(17-37-22)16-23-27(38-23)19(2)20(3)29/h15,19-23,26-29,32H,6-14,16-17H2,1-5H3/b18-15+/t19-,20-,21-,22-,23-,26+,27-,28-/m0/s1. The van der Waals surface area contributed by atoms with Gasteiger partial charge in [-0.15, -0.1) is 0 Å². The van der Waals surface area contributed by atoms with Gasteiger partial charge in [0.2, 0.25) is 0 Å². The van der Waals surface area contributed by atoms with Crippen LogP contribution in [0.4, 0.5) is 0 Å². The Balaban J connectivity index is 1.78. The van der Waals surface area contributed by atoms with Gasteiger partial charge in [0, 0.05) is 24.3 Å². The van der Waals surface area contributed by atoms with Gasteiger partial charge in [0.25, 0.3) is 10.1 Å². The lowest BCUT2D eigenvalue weighted by atomic mass is 9.85. The minimum atomic E-state index is -3.89. The molecule has 12 heteroatoms. The number of ether oxygens (including phenoxy) is 4. The second-order valence-corrected chi connectivity index (χ2v) is 12.8. The maximum absolute atomic E-state index is 12.3. The Morgan fingerprint density at radius 1 is 1.07 bits per heavy atom. The Hall–Kier alpha value is -1.57. The average Bonchev–Trinajstić information content (AvgIpc) is 3.64. The largest absolute Gasteiger partial charge is 0.469 e. The first-order valence-corrected chi connectivity index (χ1v) is 16.1. The van der Waals surface area contributed by atoms with Crippen molar-refractivity contribution in [2.45, 2.75) is 115 Å². The van der Waals surface area contributed by atoms with Crippen LogP contribution in [0.5, 0.6) is 0 Å². The summed E-state index contributed by atoms with van der Waals surface area (Å²) in [5, 5.41) is 20.8. The molecule has 8 atom stereocenters. The van der Waals surface area contributed by atoms with E-state index >= 15 is 0 Å². The first-order chi connectivity index (χ1) is 18.8. The molecule has 11 nitrogen and oxygen atoms in total. The van der Waals surface area contributed by atoms with Crippen molar-refractivity contribution < 1.29 is 51.4 Å². The molecule has 0 spiro atoms. The number of hydrogen-bond donors (Lipinski definition) is 2. The Labute approximate surface area is 238 Å². The van der Waals surface area contributed by atoms with E-state index in [1.54, 1.807) is 13.8 Å². The van der Waals surface area contributed by atoms with Crippen molar-refractivity contribution in [2.75, 3.05) is 26.6 Å². The summed E-state index contributed by atoms with van der Waals surface area (Å²) in [7, 11) is -2.50. The average molecular weight is 593 g/mol. The number of esters is 2. The third-order valence-corrected chi connectivity index (χ3v) is 8.14. The minimum absolute atomic E-state index is 0.0562.